The van der Waals surface area contributed by atoms with Gasteiger partial charge in [-0.1, -0.05) is 39.8 Å². The van der Waals surface area contributed by atoms with Gasteiger partial charge in [0.25, 0.3) is 0 Å². The zero-order valence-corrected chi connectivity index (χ0v) is 11.9. The van der Waals surface area contributed by atoms with Gasteiger partial charge in [-0.15, -0.1) is 0 Å². The molecule has 0 bridgehead atoms. The van der Waals surface area contributed by atoms with Crippen LogP contribution in [-0.2, 0) is 4.79 Å². The molecule has 1 heterocycles. The zero-order valence-electron chi connectivity index (χ0n) is 11.9. The monoisotopic (exact) mass is 245 g/mol. The van der Waals surface area contributed by atoms with Gasteiger partial charge in [0.1, 0.15) is 0 Å². The van der Waals surface area contributed by atoms with Crippen LogP contribution in [0.1, 0.15) is 45.6 Å². The van der Waals surface area contributed by atoms with Crippen LogP contribution in [-0.4, -0.2) is 18.9 Å². The lowest BCUT2D eigenvalue weighted by Gasteiger charge is -2.36. The summed E-state index contributed by atoms with van der Waals surface area (Å²) in [5, 5.41) is 0. The molecule has 1 aromatic carbocycles. The van der Waals surface area contributed by atoms with Gasteiger partial charge in [-0.3, -0.25) is 4.79 Å². The molecule has 0 radical (unpaired) electrons. The van der Waals surface area contributed by atoms with E-state index in [9.17, 15) is 4.79 Å². The van der Waals surface area contributed by atoms with Crippen LogP contribution in [0.25, 0.3) is 0 Å². The predicted octanol–water partition coefficient (Wildman–Crippen LogP) is 3.62. The van der Waals surface area contributed by atoms with E-state index >= 15 is 0 Å². The molecular formula is C16H23NO. The van der Waals surface area contributed by atoms with Crippen molar-refractivity contribution in [3.05, 3.63) is 29.8 Å². The average Bonchev–Trinajstić information content (AvgIpc) is 2.33. The Morgan fingerprint density at radius 2 is 1.78 bits per heavy atom. The van der Waals surface area contributed by atoms with Crippen molar-refractivity contribution in [3.63, 3.8) is 0 Å². The van der Waals surface area contributed by atoms with Crippen molar-refractivity contribution >= 4 is 11.5 Å². The second-order valence-electron chi connectivity index (χ2n) is 6.22. The summed E-state index contributed by atoms with van der Waals surface area (Å²) in [4.78, 5) is 14.2. The Balaban J connectivity index is 2.11. The number of carbonyl (C=O) groups is 1. The minimum Gasteiger partial charge on any atom is -0.364 e. The van der Waals surface area contributed by atoms with Crippen molar-refractivity contribution < 1.29 is 4.79 Å². The third-order valence-corrected chi connectivity index (χ3v) is 4.02. The molecule has 1 aromatic rings. The SMILES string of the molecule is CC(C)c1ccc(N2CCC(C)(C)C(=O)C2)cc1. The summed E-state index contributed by atoms with van der Waals surface area (Å²) >= 11 is 0. The first-order valence-electron chi connectivity index (χ1n) is 6.78. The Bertz CT molecular complexity index is 431. The molecule has 98 valence electrons. The predicted molar refractivity (Wildman–Crippen MR) is 76.1 cm³/mol. The summed E-state index contributed by atoms with van der Waals surface area (Å²) in [5.41, 5.74) is 2.37. The quantitative estimate of drug-likeness (QED) is 0.793. The standard InChI is InChI=1S/C16H23NO/c1-12(2)13-5-7-14(8-6-13)17-10-9-16(3,4)15(18)11-17/h5-8,12H,9-11H2,1-4H3. The van der Waals surface area contributed by atoms with Crippen LogP contribution in [0, 0.1) is 5.41 Å². The van der Waals surface area contributed by atoms with Gasteiger partial charge in [0, 0.05) is 17.6 Å². The highest BCUT2D eigenvalue weighted by atomic mass is 16.1. The fraction of sp³-hybridized carbons (Fsp3) is 0.562. The number of benzene rings is 1. The summed E-state index contributed by atoms with van der Waals surface area (Å²) in [6.45, 7) is 10.0. The first-order chi connectivity index (χ1) is 8.40. The summed E-state index contributed by atoms with van der Waals surface area (Å²) in [5.74, 6) is 0.905. The number of anilines is 1. The van der Waals surface area contributed by atoms with Gasteiger partial charge in [-0.05, 0) is 30.0 Å². The smallest absolute Gasteiger partial charge is 0.157 e. The molecule has 0 N–H and O–H groups in total. The number of Topliss-reactive ketones (excluding diaryl/α,β-unsaturated/α-hetero) is 1. The van der Waals surface area contributed by atoms with Crippen molar-refractivity contribution in [1.82, 2.24) is 0 Å². The van der Waals surface area contributed by atoms with Crippen LogP contribution in [0.3, 0.4) is 0 Å². The zero-order chi connectivity index (χ0) is 13.3. The Labute approximate surface area is 110 Å². The van der Waals surface area contributed by atoms with Gasteiger partial charge in [-0.2, -0.15) is 0 Å². The van der Waals surface area contributed by atoms with Crippen molar-refractivity contribution in [2.45, 2.75) is 40.0 Å². The molecule has 2 nitrogen and oxygen atoms in total. The van der Waals surface area contributed by atoms with E-state index in [4.69, 9.17) is 0 Å². The third-order valence-electron chi connectivity index (χ3n) is 4.02. The van der Waals surface area contributed by atoms with E-state index < -0.39 is 0 Å². The van der Waals surface area contributed by atoms with Crippen LogP contribution in [0.4, 0.5) is 5.69 Å². The molecule has 18 heavy (non-hydrogen) atoms. The number of hydrogen-bond donors (Lipinski definition) is 0. The van der Waals surface area contributed by atoms with Crippen LogP contribution < -0.4 is 4.90 Å². The lowest BCUT2D eigenvalue weighted by Crippen LogP contribution is -2.45. The van der Waals surface area contributed by atoms with E-state index in [1.165, 1.54) is 11.3 Å². The minimum absolute atomic E-state index is 0.144. The molecule has 0 spiro atoms. The lowest BCUT2D eigenvalue weighted by atomic mass is 9.81. The Kier molecular flexibility index (Phi) is 3.47. The number of hydrogen-bond acceptors (Lipinski definition) is 2. The van der Waals surface area contributed by atoms with Gasteiger partial charge < -0.3 is 4.90 Å². The van der Waals surface area contributed by atoms with Gasteiger partial charge in [-0.25, -0.2) is 0 Å². The highest BCUT2D eigenvalue weighted by Crippen LogP contribution is 2.30. The second kappa shape index (κ2) is 4.75. The first kappa shape index (κ1) is 13.1. The van der Waals surface area contributed by atoms with E-state index in [1.807, 2.05) is 0 Å². The molecule has 1 aliphatic heterocycles. The molecule has 0 aliphatic carbocycles. The maximum Gasteiger partial charge on any atom is 0.157 e. The Hall–Kier alpha value is -1.31. The highest BCUT2D eigenvalue weighted by molar-refractivity contribution is 5.89. The van der Waals surface area contributed by atoms with Crippen molar-refractivity contribution in [3.8, 4) is 0 Å². The number of rotatable bonds is 2. The molecule has 0 aromatic heterocycles. The van der Waals surface area contributed by atoms with E-state index in [-0.39, 0.29) is 5.41 Å². The Morgan fingerprint density at radius 3 is 2.28 bits per heavy atom. The van der Waals surface area contributed by atoms with Crippen molar-refractivity contribution in [2.75, 3.05) is 18.0 Å². The molecule has 2 rings (SSSR count). The normalized spacial score (nSPS) is 19.4. The Morgan fingerprint density at radius 1 is 1.17 bits per heavy atom. The first-order valence-corrected chi connectivity index (χ1v) is 6.78. The number of nitrogens with zero attached hydrogens (tertiary/aromatic N) is 1. The number of ketones is 1. The highest BCUT2D eigenvalue weighted by Gasteiger charge is 2.33. The molecule has 0 saturated carbocycles. The van der Waals surface area contributed by atoms with Crippen LogP contribution in [0.5, 0.6) is 0 Å². The van der Waals surface area contributed by atoms with Gasteiger partial charge in [0.15, 0.2) is 5.78 Å². The third kappa shape index (κ3) is 2.58. The molecule has 1 aliphatic rings. The lowest BCUT2D eigenvalue weighted by molar-refractivity contribution is -0.127. The van der Waals surface area contributed by atoms with Crippen molar-refractivity contribution in [2.24, 2.45) is 5.41 Å². The van der Waals surface area contributed by atoms with Crippen LogP contribution in [0.2, 0.25) is 0 Å². The molecular weight excluding hydrogens is 222 g/mol. The molecule has 2 heteroatoms. The van der Waals surface area contributed by atoms with Crippen LogP contribution >= 0.6 is 0 Å². The topological polar surface area (TPSA) is 20.3 Å². The molecule has 0 unspecified atom stereocenters. The summed E-state index contributed by atoms with van der Waals surface area (Å²) in [7, 11) is 0. The molecule has 1 saturated heterocycles. The maximum atomic E-state index is 12.0. The van der Waals surface area contributed by atoms with E-state index in [0.29, 0.717) is 18.2 Å². The molecule has 1 fully saturated rings. The van der Waals surface area contributed by atoms with E-state index in [0.717, 1.165) is 13.0 Å². The van der Waals surface area contributed by atoms with Crippen molar-refractivity contribution in [1.29, 1.82) is 0 Å². The fourth-order valence-corrected chi connectivity index (χ4v) is 2.31. The molecule has 0 atom stereocenters. The largest absolute Gasteiger partial charge is 0.364 e. The van der Waals surface area contributed by atoms with Gasteiger partial charge in [0.2, 0.25) is 0 Å². The number of piperidine rings is 1. The van der Waals surface area contributed by atoms with E-state index in [1.54, 1.807) is 0 Å². The summed E-state index contributed by atoms with van der Waals surface area (Å²) in [6, 6.07) is 8.62. The van der Waals surface area contributed by atoms with Crippen LogP contribution in [0.15, 0.2) is 24.3 Å². The summed E-state index contributed by atoms with van der Waals surface area (Å²) < 4.78 is 0. The maximum absolute atomic E-state index is 12.0. The average molecular weight is 245 g/mol. The van der Waals surface area contributed by atoms with Gasteiger partial charge in [0.05, 0.1) is 6.54 Å². The number of carbonyl (C=O) groups excluding carboxylic acids is 1. The second-order valence-corrected chi connectivity index (χ2v) is 6.22. The fourth-order valence-electron chi connectivity index (χ4n) is 2.31. The van der Waals surface area contributed by atoms with E-state index in [2.05, 4.69) is 56.9 Å². The van der Waals surface area contributed by atoms with Gasteiger partial charge >= 0.3 is 0 Å². The molecule has 0 amide bonds. The minimum atomic E-state index is -0.144. The summed E-state index contributed by atoms with van der Waals surface area (Å²) in [6.07, 6.45) is 0.942.